The zero-order valence-electron chi connectivity index (χ0n) is 15.6. The molecule has 0 spiro atoms. The van der Waals surface area contributed by atoms with Gasteiger partial charge in [0.25, 0.3) is 0 Å². The highest BCUT2D eigenvalue weighted by Gasteiger charge is 2.51. The normalized spacial score (nSPS) is 23.8. The average Bonchev–Trinajstić information content (AvgIpc) is 3.16. The number of rotatable bonds is 5. The lowest BCUT2D eigenvalue weighted by Gasteiger charge is -2.40. The van der Waals surface area contributed by atoms with Crippen LogP contribution in [0.5, 0.6) is 0 Å². The van der Waals surface area contributed by atoms with E-state index in [1.165, 1.54) is 18.9 Å². The summed E-state index contributed by atoms with van der Waals surface area (Å²) in [5, 5.41) is 22.4. The van der Waals surface area contributed by atoms with Crippen LogP contribution in [0.2, 0.25) is 0 Å². The molecule has 0 saturated heterocycles. The minimum absolute atomic E-state index is 0.403. The minimum Gasteiger partial charge on any atom is -0.465 e. The fourth-order valence-electron chi connectivity index (χ4n) is 3.55. The zero-order chi connectivity index (χ0) is 19.7. The lowest BCUT2D eigenvalue weighted by molar-refractivity contribution is -0.135. The Morgan fingerprint density at radius 2 is 1.41 bits per heavy atom. The third-order valence-electron chi connectivity index (χ3n) is 5.22. The highest BCUT2D eigenvalue weighted by Crippen LogP contribution is 2.52. The molecular formula is C22H24O4S. The summed E-state index contributed by atoms with van der Waals surface area (Å²) in [6.45, 7) is 3.44. The predicted octanol–water partition coefficient (Wildman–Crippen LogP) is 3.59. The van der Waals surface area contributed by atoms with E-state index in [1.54, 1.807) is 19.9 Å². The van der Waals surface area contributed by atoms with Gasteiger partial charge in [-0.05, 0) is 25.0 Å². The number of benzene rings is 2. The lowest BCUT2D eigenvalue weighted by Crippen LogP contribution is -2.45. The van der Waals surface area contributed by atoms with E-state index in [9.17, 15) is 15.0 Å². The number of methoxy groups -OCH3 is 1. The molecule has 0 unspecified atom stereocenters. The number of thioether (sulfide) groups is 1. The van der Waals surface area contributed by atoms with Crippen molar-refractivity contribution in [2.45, 2.75) is 30.3 Å². The van der Waals surface area contributed by atoms with Gasteiger partial charge in [-0.2, -0.15) is 0 Å². The van der Waals surface area contributed by atoms with Crippen molar-refractivity contribution in [2.75, 3.05) is 7.11 Å². The van der Waals surface area contributed by atoms with Crippen LogP contribution in [0.3, 0.4) is 0 Å². The lowest BCUT2D eigenvalue weighted by atomic mass is 9.74. The third-order valence-corrected chi connectivity index (χ3v) is 6.78. The largest absolute Gasteiger partial charge is 0.465 e. The van der Waals surface area contributed by atoms with Gasteiger partial charge in [0.05, 0.1) is 28.5 Å². The topological polar surface area (TPSA) is 66.8 Å². The second-order valence-electron chi connectivity index (χ2n) is 7.11. The number of aliphatic hydroxyl groups is 2. The van der Waals surface area contributed by atoms with Crippen LogP contribution in [-0.2, 0) is 20.7 Å². The van der Waals surface area contributed by atoms with E-state index in [0.29, 0.717) is 4.91 Å². The molecule has 0 fully saturated rings. The summed E-state index contributed by atoms with van der Waals surface area (Å²) in [5.74, 6) is -0.950. The predicted molar refractivity (Wildman–Crippen MR) is 107 cm³/mol. The van der Waals surface area contributed by atoms with E-state index >= 15 is 0 Å². The van der Waals surface area contributed by atoms with Crippen molar-refractivity contribution in [1.82, 2.24) is 0 Å². The zero-order valence-corrected chi connectivity index (χ0v) is 16.4. The van der Waals surface area contributed by atoms with Gasteiger partial charge in [-0.1, -0.05) is 66.7 Å². The Kier molecular flexibility index (Phi) is 5.47. The van der Waals surface area contributed by atoms with Crippen molar-refractivity contribution in [2.24, 2.45) is 5.92 Å². The van der Waals surface area contributed by atoms with Crippen LogP contribution in [0, 0.1) is 5.92 Å². The van der Waals surface area contributed by atoms with Crippen molar-refractivity contribution in [3.05, 3.63) is 82.8 Å². The van der Waals surface area contributed by atoms with Crippen molar-refractivity contribution < 1.29 is 19.7 Å². The molecule has 0 aromatic heterocycles. The maximum atomic E-state index is 12.2. The van der Waals surface area contributed by atoms with Crippen LogP contribution in [0.15, 0.2) is 71.6 Å². The molecule has 0 aliphatic carbocycles. The molecule has 4 nitrogen and oxygen atoms in total. The van der Waals surface area contributed by atoms with Crippen LogP contribution < -0.4 is 0 Å². The molecule has 3 rings (SSSR count). The number of carbonyl (C=O) groups is 1. The highest BCUT2D eigenvalue weighted by atomic mass is 32.2. The summed E-state index contributed by atoms with van der Waals surface area (Å²) in [4.78, 5) is 12.6. The molecule has 0 saturated carbocycles. The molecule has 5 heteroatoms. The molecule has 1 aliphatic rings. The maximum absolute atomic E-state index is 12.2. The Bertz CT molecular complexity index is 828. The van der Waals surface area contributed by atoms with E-state index in [-0.39, 0.29) is 0 Å². The summed E-state index contributed by atoms with van der Waals surface area (Å²) in [5.41, 5.74) is -1.07. The van der Waals surface area contributed by atoms with Crippen molar-refractivity contribution in [3.63, 3.8) is 0 Å². The molecule has 2 N–H and O–H groups in total. The number of ether oxygens (including phenoxy) is 1. The molecule has 4 atom stereocenters. The Balaban J connectivity index is 2.06. The Labute approximate surface area is 163 Å². The summed E-state index contributed by atoms with van der Waals surface area (Å²) in [6.07, 6.45) is 1.73. The van der Waals surface area contributed by atoms with Gasteiger partial charge in [0, 0.05) is 5.92 Å². The van der Waals surface area contributed by atoms with Crippen LogP contribution in [-0.4, -0.2) is 28.5 Å². The maximum Gasteiger partial charge on any atom is 0.344 e. The molecular weight excluding hydrogens is 360 g/mol. The van der Waals surface area contributed by atoms with E-state index < -0.39 is 28.3 Å². The minimum atomic E-state index is -1.27. The van der Waals surface area contributed by atoms with Crippen LogP contribution >= 0.6 is 11.8 Å². The summed E-state index contributed by atoms with van der Waals surface area (Å²) >= 11 is 1.25. The standard InChI is InChI=1S/C22H24O4S/c1-21(24,15-10-6-4-7-11-15)17-14-18(20(23)26-3)27-19(17)22(2,25)16-12-8-5-9-13-16/h4-14,17,19,24-25H,1-3H3/t17-,19-,21-,22+/m1/s1. The van der Waals surface area contributed by atoms with Crippen LogP contribution in [0.4, 0.5) is 0 Å². The third kappa shape index (κ3) is 3.68. The molecule has 0 bridgehead atoms. The number of hydrogen-bond acceptors (Lipinski definition) is 5. The van der Waals surface area contributed by atoms with Gasteiger partial charge in [-0.15, -0.1) is 11.8 Å². The van der Waals surface area contributed by atoms with Gasteiger partial charge >= 0.3 is 5.97 Å². The van der Waals surface area contributed by atoms with Crippen LogP contribution in [0.1, 0.15) is 25.0 Å². The smallest absolute Gasteiger partial charge is 0.344 e. The van der Waals surface area contributed by atoms with Gasteiger partial charge in [0.1, 0.15) is 0 Å². The Hall–Kier alpha value is -2.08. The van der Waals surface area contributed by atoms with Gasteiger partial charge in [0.2, 0.25) is 0 Å². The number of esters is 1. The van der Waals surface area contributed by atoms with Gasteiger partial charge in [-0.25, -0.2) is 4.79 Å². The summed E-state index contributed by atoms with van der Waals surface area (Å²) in [7, 11) is 1.33. The fourth-order valence-corrected chi connectivity index (χ4v) is 5.08. The van der Waals surface area contributed by atoms with Gasteiger partial charge < -0.3 is 14.9 Å². The first-order valence-electron chi connectivity index (χ1n) is 8.81. The highest BCUT2D eigenvalue weighted by molar-refractivity contribution is 8.04. The quantitative estimate of drug-likeness (QED) is 0.771. The van der Waals surface area contributed by atoms with Gasteiger partial charge in [0.15, 0.2) is 0 Å². The summed E-state index contributed by atoms with van der Waals surface area (Å²) in [6, 6.07) is 18.6. The molecule has 2 aromatic rings. The van der Waals surface area contributed by atoms with Crippen molar-refractivity contribution in [3.8, 4) is 0 Å². The molecule has 0 radical (unpaired) electrons. The molecule has 142 valence electrons. The number of hydrogen-bond donors (Lipinski definition) is 2. The van der Waals surface area contributed by atoms with E-state index in [2.05, 4.69) is 0 Å². The van der Waals surface area contributed by atoms with Gasteiger partial charge in [-0.3, -0.25) is 0 Å². The first kappa shape index (κ1) is 19.7. The van der Waals surface area contributed by atoms with E-state index in [1.807, 2.05) is 60.7 Å². The first-order chi connectivity index (χ1) is 12.8. The van der Waals surface area contributed by atoms with Crippen molar-refractivity contribution >= 4 is 17.7 Å². The van der Waals surface area contributed by atoms with E-state index in [0.717, 1.165) is 11.1 Å². The Morgan fingerprint density at radius 1 is 0.926 bits per heavy atom. The molecule has 0 amide bonds. The first-order valence-corrected chi connectivity index (χ1v) is 9.69. The second-order valence-corrected chi connectivity index (χ2v) is 8.30. The molecule has 2 aromatic carbocycles. The summed E-state index contributed by atoms with van der Waals surface area (Å²) < 4.78 is 4.88. The van der Waals surface area contributed by atoms with Crippen molar-refractivity contribution in [1.29, 1.82) is 0 Å². The monoisotopic (exact) mass is 384 g/mol. The van der Waals surface area contributed by atoms with Crippen LogP contribution in [0.25, 0.3) is 0 Å². The SMILES string of the molecule is COC(=O)C1=C[C@@H]([C@](C)(O)c2ccccc2)[C@H]([C@@](C)(O)c2ccccc2)S1. The molecule has 1 aliphatic heterocycles. The molecule has 1 heterocycles. The van der Waals surface area contributed by atoms with E-state index in [4.69, 9.17) is 4.74 Å². The fraction of sp³-hybridized carbons (Fsp3) is 0.318. The Morgan fingerprint density at radius 3 is 1.89 bits per heavy atom. The second kappa shape index (κ2) is 7.50. The number of carbonyl (C=O) groups excluding carboxylic acids is 1. The average molecular weight is 384 g/mol. The molecule has 27 heavy (non-hydrogen) atoms.